The summed E-state index contributed by atoms with van der Waals surface area (Å²) in [6.07, 6.45) is 1.83. The molecule has 0 aliphatic carbocycles. The molecule has 0 atom stereocenters. The number of hydrogen-bond acceptors (Lipinski definition) is 4. The maximum absolute atomic E-state index is 5.02. The van der Waals surface area contributed by atoms with E-state index in [1.807, 2.05) is 6.92 Å². The first-order chi connectivity index (χ1) is 7.69. The molecule has 5 heteroatoms. The number of rotatable bonds is 6. The molecular formula is C11H18IN3O. The Morgan fingerprint density at radius 3 is 2.75 bits per heavy atom. The highest BCUT2D eigenvalue weighted by molar-refractivity contribution is 14.1. The lowest BCUT2D eigenvalue weighted by atomic mass is 10.3. The van der Waals surface area contributed by atoms with Gasteiger partial charge in [0.2, 0.25) is 0 Å². The Kier molecular flexibility index (Phi) is 5.97. The summed E-state index contributed by atoms with van der Waals surface area (Å²) in [5, 5.41) is 3.26. The fourth-order valence-corrected chi connectivity index (χ4v) is 1.82. The van der Waals surface area contributed by atoms with Crippen molar-refractivity contribution in [2.24, 2.45) is 0 Å². The van der Waals surface area contributed by atoms with Crippen LogP contribution < -0.4 is 5.32 Å². The smallest absolute Gasteiger partial charge is 0.143 e. The van der Waals surface area contributed by atoms with Crippen LogP contribution in [-0.4, -0.2) is 30.2 Å². The molecule has 4 nitrogen and oxygen atoms in total. The summed E-state index contributed by atoms with van der Waals surface area (Å²) in [6, 6.07) is 0. The van der Waals surface area contributed by atoms with Crippen LogP contribution in [0, 0.1) is 10.5 Å². The van der Waals surface area contributed by atoms with E-state index in [1.54, 1.807) is 7.11 Å². The molecule has 0 radical (unpaired) electrons. The Morgan fingerprint density at radius 2 is 2.12 bits per heavy atom. The zero-order chi connectivity index (χ0) is 12.0. The molecule has 1 heterocycles. The lowest BCUT2D eigenvalue weighted by molar-refractivity contribution is 0.194. The number of aryl methyl sites for hydroxylation is 2. The molecule has 0 unspecified atom stereocenters. The zero-order valence-electron chi connectivity index (χ0n) is 10.0. The highest BCUT2D eigenvalue weighted by atomic mass is 127. The van der Waals surface area contributed by atoms with Crippen molar-refractivity contribution < 1.29 is 4.74 Å². The Balaban J connectivity index is 2.77. The van der Waals surface area contributed by atoms with E-state index in [4.69, 9.17) is 4.74 Å². The van der Waals surface area contributed by atoms with Crippen LogP contribution in [0.15, 0.2) is 0 Å². The van der Waals surface area contributed by atoms with Crippen molar-refractivity contribution in [1.82, 2.24) is 9.97 Å². The molecule has 0 saturated carbocycles. The lowest BCUT2D eigenvalue weighted by Crippen LogP contribution is -2.08. The SMILES string of the molecule is CCNc1nc(CCCOC)nc(C)c1I. The fraction of sp³-hybridized carbons (Fsp3) is 0.636. The Hall–Kier alpha value is -0.430. The van der Waals surface area contributed by atoms with E-state index in [2.05, 4.69) is 44.8 Å². The maximum atomic E-state index is 5.02. The summed E-state index contributed by atoms with van der Waals surface area (Å²) < 4.78 is 6.13. The summed E-state index contributed by atoms with van der Waals surface area (Å²) in [4.78, 5) is 8.98. The predicted molar refractivity (Wildman–Crippen MR) is 73.8 cm³/mol. The molecule has 0 amide bonds. The van der Waals surface area contributed by atoms with E-state index >= 15 is 0 Å². The van der Waals surface area contributed by atoms with E-state index < -0.39 is 0 Å². The van der Waals surface area contributed by atoms with E-state index in [0.29, 0.717) is 0 Å². The highest BCUT2D eigenvalue weighted by Gasteiger charge is 2.08. The summed E-state index contributed by atoms with van der Waals surface area (Å²) in [5.74, 6) is 1.84. The second-order valence-electron chi connectivity index (χ2n) is 3.51. The van der Waals surface area contributed by atoms with Crippen LogP contribution in [0.2, 0.25) is 0 Å². The van der Waals surface area contributed by atoms with E-state index in [0.717, 1.165) is 46.9 Å². The van der Waals surface area contributed by atoms with Gasteiger partial charge in [-0.3, -0.25) is 0 Å². The molecule has 90 valence electrons. The number of ether oxygens (including phenoxy) is 1. The number of aromatic nitrogens is 2. The molecule has 0 saturated heterocycles. The van der Waals surface area contributed by atoms with Crippen LogP contribution in [0.1, 0.15) is 24.9 Å². The molecule has 0 fully saturated rings. The van der Waals surface area contributed by atoms with Crippen LogP contribution in [0.25, 0.3) is 0 Å². The van der Waals surface area contributed by atoms with Gasteiger partial charge < -0.3 is 10.1 Å². The summed E-state index contributed by atoms with van der Waals surface area (Å²) in [5.41, 5.74) is 1.04. The third-order valence-corrected chi connectivity index (χ3v) is 3.45. The predicted octanol–water partition coefficient (Wildman–Crippen LogP) is 2.40. The van der Waals surface area contributed by atoms with Crippen molar-refractivity contribution in [3.8, 4) is 0 Å². The maximum Gasteiger partial charge on any atom is 0.143 e. The van der Waals surface area contributed by atoms with Gasteiger partial charge in [-0.25, -0.2) is 9.97 Å². The van der Waals surface area contributed by atoms with E-state index in [1.165, 1.54) is 0 Å². The summed E-state index contributed by atoms with van der Waals surface area (Å²) in [7, 11) is 1.71. The molecule has 1 rings (SSSR count). The van der Waals surface area contributed by atoms with Gasteiger partial charge in [0, 0.05) is 26.7 Å². The van der Waals surface area contributed by atoms with Gasteiger partial charge in [0.25, 0.3) is 0 Å². The molecule has 1 aromatic heterocycles. The van der Waals surface area contributed by atoms with Crippen molar-refractivity contribution in [1.29, 1.82) is 0 Å². The van der Waals surface area contributed by atoms with Crippen LogP contribution in [0.5, 0.6) is 0 Å². The van der Waals surface area contributed by atoms with Gasteiger partial charge in [-0.2, -0.15) is 0 Å². The van der Waals surface area contributed by atoms with Gasteiger partial charge in [0.1, 0.15) is 11.6 Å². The van der Waals surface area contributed by atoms with Crippen LogP contribution in [0.3, 0.4) is 0 Å². The summed E-state index contributed by atoms with van der Waals surface area (Å²) in [6.45, 7) is 5.72. The first kappa shape index (κ1) is 13.6. The quantitative estimate of drug-likeness (QED) is 0.641. The monoisotopic (exact) mass is 335 g/mol. The van der Waals surface area contributed by atoms with Crippen LogP contribution in [0.4, 0.5) is 5.82 Å². The minimum atomic E-state index is 0.755. The number of halogens is 1. The second kappa shape index (κ2) is 7.01. The van der Waals surface area contributed by atoms with Gasteiger partial charge in [-0.1, -0.05) is 0 Å². The molecule has 1 aromatic rings. The van der Waals surface area contributed by atoms with Crippen molar-refractivity contribution >= 4 is 28.4 Å². The second-order valence-corrected chi connectivity index (χ2v) is 4.59. The molecule has 16 heavy (non-hydrogen) atoms. The number of nitrogens with one attached hydrogen (secondary N) is 1. The van der Waals surface area contributed by atoms with Crippen molar-refractivity contribution in [3.05, 3.63) is 15.1 Å². The fourth-order valence-electron chi connectivity index (χ4n) is 1.39. The molecule has 0 bridgehead atoms. The van der Waals surface area contributed by atoms with Crippen LogP contribution in [-0.2, 0) is 11.2 Å². The zero-order valence-corrected chi connectivity index (χ0v) is 12.2. The van der Waals surface area contributed by atoms with Gasteiger partial charge in [0.05, 0.1) is 9.26 Å². The molecule has 1 N–H and O–H groups in total. The minimum absolute atomic E-state index is 0.755. The Labute approximate surface area is 110 Å². The molecule has 0 aromatic carbocycles. The minimum Gasteiger partial charge on any atom is -0.385 e. The van der Waals surface area contributed by atoms with Crippen LogP contribution >= 0.6 is 22.6 Å². The average molecular weight is 335 g/mol. The number of nitrogens with zero attached hydrogens (tertiary/aromatic N) is 2. The standard InChI is InChI=1S/C11H18IN3O/c1-4-13-11-10(12)8(2)14-9(15-11)6-5-7-16-3/h4-7H2,1-3H3,(H,13,14,15). The van der Waals surface area contributed by atoms with Crippen molar-refractivity contribution in [2.45, 2.75) is 26.7 Å². The van der Waals surface area contributed by atoms with Gasteiger partial charge >= 0.3 is 0 Å². The molecule has 0 aliphatic heterocycles. The average Bonchev–Trinajstić information content (AvgIpc) is 2.26. The van der Waals surface area contributed by atoms with Gasteiger partial charge in [-0.05, 0) is 42.9 Å². The first-order valence-corrected chi connectivity index (χ1v) is 6.52. The number of anilines is 1. The highest BCUT2D eigenvalue weighted by Crippen LogP contribution is 2.18. The first-order valence-electron chi connectivity index (χ1n) is 5.44. The van der Waals surface area contributed by atoms with E-state index in [9.17, 15) is 0 Å². The largest absolute Gasteiger partial charge is 0.385 e. The lowest BCUT2D eigenvalue weighted by Gasteiger charge is -2.09. The number of hydrogen-bond donors (Lipinski definition) is 1. The summed E-state index contributed by atoms with van der Waals surface area (Å²) >= 11 is 2.28. The Morgan fingerprint density at radius 1 is 1.38 bits per heavy atom. The molecule has 0 aliphatic rings. The van der Waals surface area contributed by atoms with Gasteiger partial charge in [-0.15, -0.1) is 0 Å². The third kappa shape index (κ3) is 3.86. The van der Waals surface area contributed by atoms with Gasteiger partial charge in [0.15, 0.2) is 0 Å². The van der Waals surface area contributed by atoms with Crippen molar-refractivity contribution in [3.63, 3.8) is 0 Å². The normalized spacial score (nSPS) is 10.5. The molecular weight excluding hydrogens is 317 g/mol. The Bertz CT molecular complexity index is 344. The number of methoxy groups -OCH3 is 1. The van der Waals surface area contributed by atoms with E-state index in [-0.39, 0.29) is 0 Å². The molecule has 0 spiro atoms. The topological polar surface area (TPSA) is 47.0 Å². The third-order valence-electron chi connectivity index (χ3n) is 2.16. The van der Waals surface area contributed by atoms with Crippen molar-refractivity contribution in [2.75, 3.05) is 25.6 Å².